The van der Waals surface area contributed by atoms with Crippen LogP contribution < -0.4 is 0 Å². The van der Waals surface area contributed by atoms with Crippen LogP contribution in [0.5, 0.6) is 0 Å². The Morgan fingerprint density at radius 2 is 2.04 bits per heavy atom. The molecule has 1 fully saturated rings. The normalized spacial score (nSPS) is 17.1. The van der Waals surface area contributed by atoms with Gasteiger partial charge in [0.05, 0.1) is 12.2 Å². The van der Waals surface area contributed by atoms with Crippen LogP contribution in [0.25, 0.3) is 23.3 Å². The molecular formula is C19H21FN4O. The summed E-state index contributed by atoms with van der Waals surface area (Å²) in [5.74, 6) is 0.151. The molecule has 1 aliphatic rings. The Kier molecular flexibility index (Phi) is 4.13. The van der Waals surface area contributed by atoms with Crippen LogP contribution in [0.1, 0.15) is 36.0 Å². The molecule has 0 unspecified atom stereocenters. The third-order valence-electron chi connectivity index (χ3n) is 4.89. The maximum atomic E-state index is 13.2. The van der Waals surface area contributed by atoms with Gasteiger partial charge in [-0.3, -0.25) is 4.68 Å². The first-order valence-corrected chi connectivity index (χ1v) is 8.57. The monoisotopic (exact) mass is 340 g/mol. The highest BCUT2D eigenvalue weighted by Crippen LogP contribution is 2.25. The Hall–Kier alpha value is -2.47. The predicted molar refractivity (Wildman–Crippen MR) is 95.6 cm³/mol. The Morgan fingerprint density at radius 1 is 1.24 bits per heavy atom. The van der Waals surface area contributed by atoms with Crippen LogP contribution in [-0.2, 0) is 0 Å². The minimum absolute atomic E-state index is 0.313. The largest absolute Gasteiger partial charge is 0.437 e. The van der Waals surface area contributed by atoms with Gasteiger partial charge in [-0.15, -0.1) is 0 Å². The number of benzene rings is 1. The molecule has 0 spiro atoms. The lowest BCUT2D eigenvalue weighted by Crippen LogP contribution is -2.32. The molecule has 0 bridgehead atoms. The standard InChI is InChI=1S/C19H21FN4O/c1-13-14(12-21-24(13)16-7-9-23(2)10-8-16)3-6-19-22-17-11-15(20)4-5-18(17)25-19/h3-6,11-12,16H,7-10H2,1-2H3/b6-3+. The molecule has 0 atom stereocenters. The van der Waals surface area contributed by atoms with E-state index in [9.17, 15) is 4.39 Å². The molecule has 1 aliphatic heterocycles. The van der Waals surface area contributed by atoms with Crippen molar-refractivity contribution >= 4 is 23.3 Å². The number of hydrogen-bond donors (Lipinski definition) is 0. The van der Waals surface area contributed by atoms with E-state index < -0.39 is 0 Å². The van der Waals surface area contributed by atoms with Crippen molar-refractivity contribution in [1.82, 2.24) is 19.7 Å². The van der Waals surface area contributed by atoms with Crippen molar-refractivity contribution in [2.24, 2.45) is 0 Å². The quantitative estimate of drug-likeness (QED) is 0.725. The highest BCUT2D eigenvalue weighted by atomic mass is 19.1. The van der Waals surface area contributed by atoms with E-state index in [4.69, 9.17) is 4.42 Å². The van der Waals surface area contributed by atoms with Crippen molar-refractivity contribution in [3.05, 3.63) is 47.4 Å². The van der Waals surface area contributed by atoms with E-state index in [0.29, 0.717) is 23.0 Å². The van der Waals surface area contributed by atoms with Gasteiger partial charge in [0.25, 0.3) is 0 Å². The Balaban J connectivity index is 1.54. The van der Waals surface area contributed by atoms with E-state index in [1.165, 1.54) is 12.1 Å². The first-order chi connectivity index (χ1) is 12.1. The molecule has 2 aromatic heterocycles. The molecule has 25 heavy (non-hydrogen) atoms. The maximum absolute atomic E-state index is 13.2. The first kappa shape index (κ1) is 16.0. The van der Waals surface area contributed by atoms with Crippen LogP contribution in [-0.4, -0.2) is 39.8 Å². The van der Waals surface area contributed by atoms with E-state index >= 15 is 0 Å². The molecule has 5 nitrogen and oxygen atoms in total. The van der Waals surface area contributed by atoms with Crippen molar-refractivity contribution < 1.29 is 8.81 Å². The number of oxazole rings is 1. The van der Waals surface area contributed by atoms with Gasteiger partial charge in [0.2, 0.25) is 5.89 Å². The van der Waals surface area contributed by atoms with Gasteiger partial charge in [-0.1, -0.05) is 0 Å². The molecular weight excluding hydrogens is 319 g/mol. The number of rotatable bonds is 3. The van der Waals surface area contributed by atoms with Crippen LogP contribution in [0.4, 0.5) is 4.39 Å². The van der Waals surface area contributed by atoms with Crippen LogP contribution in [0.15, 0.2) is 28.8 Å². The van der Waals surface area contributed by atoms with E-state index in [-0.39, 0.29) is 5.82 Å². The van der Waals surface area contributed by atoms with Crippen LogP contribution in [0, 0.1) is 12.7 Å². The zero-order chi connectivity index (χ0) is 17.4. The number of likely N-dealkylation sites (tertiary alicyclic amines) is 1. The summed E-state index contributed by atoms with van der Waals surface area (Å²) in [4.78, 5) is 6.65. The molecule has 0 radical (unpaired) electrons. The van der Waals surface area contributed by atoms with E-state index in [2.05, 4.69) is 33.6 Å². The van der Waals surface area contributed by atoms with E-state index in [0.717, 1.165) is 37.2 Å². The molecule has 0 aliphatic carbocycles. The highest BCUT2D eigenvalue weighted by Gasteiger charge is 2.20. The Labute approximate surface area is 145 Å². The fourth-order valence-electron chi connectivity index (χ4n) is 3.36. The molecule has 1 aromatic carbocycles. The summed E-state index contributed by atoms with van der Waals surface area (Å²) in [7, 11) is 2.16. The summed E-state index contributed by atoms with van der Waals surface area (Å²) < 4.78 is 21.0. The number of hydrogen-bond acceptors (Lipinski definition) is 4. The van der Waals surface area contributed by atoms with Gasteiger partial charge >= 0.3 is 0 Å². The van der Waals surface area contributed by atoms with Gasteiger partial charge in [-0.2, -0.15) is 5.10 Å². The zero-order valence-electron chi connectivity index (χ0n) is 14.4. The highest BCUT2D eigenvalue weighted by molar-refractivity contribution is 5.76. The lowest BCUT2D eigenvalue weighted by molar-refractivity contribution is 0.210. The van der Waals surface area contributed by atoms with Gasteiger partial charge in [-0.25, -0.2) is 9.37 Å². The molecule has 3 aromatic rings. The first-order valence-electron chi connectivity index (χ1n) is 8.57. The fraction of sp³-hybridized carbons (Fsp3) is 0.368. The average molecular weight is 340 g/mol. The fourth-order valence-corrected chi connectivity index (χ4v) is 3.36. The molecule has 1 saturated heterocycles. The minimum atomic E-state index is -0.313. The lowest BCUT2D eigenvalue weighted by Gasteiger charge is -2.29. The molecule has 130 valence electrons. The second-order valence-corrected chi connectivity index (χ2v) is 6.66. The van der Waals surface area contributed by atoms with Crippen LogP contribution in [0.2, 0.25) is 0 Å². The Morgan fingerprint density at radius 3 is 2.84 bits per heavy atom. The van der Waals surface area contributed by atoms with Gasteiger partial charge in [0, 0.05) is 23.4 Å². The molecule has 4 rings (SSSR count). The van der Waals surface area contributed by atoms with Crippen LogP contribution >= 0.6 is 0 Å². The van der Waals surface area contributed by atoms with E-state index in [1.54, 1.807) is 12.1 Å². The zero-order valence-corrected chi connectivity index (χ0v) is 14.4. The summed E-state index contributed by atoms with van der Waals surface area (Å²) in [6, 6.07) is 4.81. The molecule has 0 saturated carbocycles. The number of piperidine rings is 1. The average Bonchev–Trinajstić information content (AvgIpc) is 3.16. The molecule has 6 heteroatoms. The second kappa shape index (κ2) is 6.44. The molecule has 3 heterocycles. The van der Waals surface area contributed by atoms with Gasteiger partial charge in [-0.05, 0) is 58.1 Å². The Bertz CT molecular complexity index is 919. The van der Waals surface area contributed by atoms with Crippen molar-refractivity contribution in [2.75, 3.05) is 20.1 Å². The smallest absolute Gasteiger partial charge is 0.220 e. The summed E-state index contributed by atoms with van der Waals surface area (Å²) >= 11 is 0. The van der Waals surface area contributed by atoms with Gasteiger partial charge in [0.1, 0.15) is 11.3 Å². The predicted octanol–water partition coefficient (Wildman–Crippen LogP) is 3.91. The lowest BCUT2D eigenvalue weighted by atomic mass is 10.1. The number of halogens is 1. The summed E-state index contributed by atoms with van der Waals surface area (Å²) in [6.07, 6.45) is 7.89. The summed E-state index contributed by atoms with van der Waals surface area (Å²) in [5, 5.41) is 4.58. The number of nitrogens with zero attached hydrogens (tertiary/aromatic N) is 4. The molecule has 0 amide bonds. The van der Waals surface area contributed by atoms with Crippen LogP contribution in [0.3, 0.4) is 0 Å². The van der Waals surface area contributed by atoms with Crippen molar-refractivity contribution in [3.63, 3.8) is 0 Å². The van der Waals surface area contributed by atoms with Crippen molar-refractivity contribution in [2.45, 2.75) is 25.8 Å². The SMILES string of the molecule is Cc1c(/C=C/c2nc3cc(F)ccc3o2)cnn1C1CCN(C)CC1. The van der Waals surface area contributed by atoms with Crippen molar-refractivity contribution in [1.29, 1.82) is 0 Å². The molecule has 0 N–H and O–H groups in total. The topological polar surface area (TPSA) is 47.1 Å². The van der Waals surface area contributed by atoms with Crippen molar-refractivity contribution in [3.8, 4) is 0 Å². The van der Waals surface area contributed by atoms with E-state index in [1.807, 2.05) is 12.3 Å². The van der Waals surface area contributed by atoms with Gasteiger partial charge < -0.3 is 9.32 Å². The number of fused-ring (bicyclic) bond motifs is 1. The summed E-state index contributed by atoms with van der Waals surface area (Å²) in [5.41, 5.74) is 3.30. The maximum Gasteiger partial charge on any atom is 0.220 e. The number of aromatic nitrogens is 3. The third kappa shape index (κ3) is 3.22. The summed E-state index contributed by atoms with van der Waals surface area (Å²) in [6.45, 7) is 4.30. The third-order valence-corrected chi connectivity index (χ3v) is 4.89. The second-order valence-electron chi connectivity index (χ2n) is 6.66. The minimum Gasteiger partial charge on any atom is -0.437 e. The van der Waals surface area contributed by atoms with Gasteiger partial charge in [0.15, 0.2) is 5.58 Å².